The molecule has 0 radical (unpaired) electrons. The molecule has 2 heterocycles. The van der Waals surface area contributed by atoms with Gasteiger partial charge in [0.1, 0.15) is 0 Å². The average Bonchev–Trinajstić information content (AvgIpc) is 3.08. The van der Waals surface area contributed by atoms with Crippen LogP contribution in [0, 0.1) is 0 Å². The van der Waals surface area contributed by atoms with E-state index in [0.29, 0.717) is 23.2 Å². The van der Waals surface area contributed by atoms with E-state index < -0.39 is 0 Å². The Labute approximate surface area is 135 Å². The van der Waals surface area contributed by atoms with Gasteiger partial charge in [-0.25, -0.2) is 0 Å². The quantitative estimate of drug-likeness (QED) is 0.853. The number of aromatic amines is 1. The third kappa shape index (κ3) is 3.19. The van der Waals surface area contributed by atoms with Crippen molar-refractivity contribution in [1.29, 1.82) is 0 Å². The lowest BCUT2D eigenvalue weighted by atomic mass is 9.97. The number of carbonyl (C=O) groups is 2. The molecule has 0 saturated carbocycles. The van der Waals surface area contributed by atoms with Crippen molar-refractivity contribution in [1.82, 2.24) is 9.88 Å². The number of aromatic nitrogens is 1. The highest BCUT2D eigenvalue weighted by atomic mass is 16.2. The maximum atomic E-state index is 12.6. The maximum absolute atomic E-state index is 12.6. The first-order valence-electron chi connectivity index (χ1n) is 7.90. The second kappa shape index (κ2) is 6.38. The summed E-state index contributed by atoms with van der Waals surface area (Å²) in [5, 5.41) is 0. The van der Waals surface area contributed by atoms with Gasteiger partial charge in [0.2, 0.25) is 0 Å². The minimum atomic E-state index is -0.0532. The van der Waals surface area contributed by atoms with Crippen LogP contribution < -0.4 is 5.73 Å². The number of carbonyl (C=O) groups excluding carboxylic acids is 2. The van der Waals surface area contributed by atoms with E-state index in [4.69, 9.17) is 5.73 Å². The van der Waals surface area contributed by atoms with E-state index in [1.165, 1.54) is 0 Å². The second-order valence-electron chi connectivity index (χ2n) is 6.14. The number of hydrogen-bond donors (Lipinski definition) is 2. The van der Waals surface area contributed by atoms with Crippen molar-refractivity contribution in [2.24, 2.45) is 5.73 Å². The van der Waals surface area contributed by atoms with E-state index in [2.05, 4.69) is 4.98 Å². The molecule has 2 aromatic rings. The van der Waals surface area contributed by atoms with Crippen molar-refractivity contribution in [3.63, 3.8) is 0 Å². The van der Waals surface area contributed by atoms with Crippen LogP contribution in [0.25, 0.3) is 0 Å². The summed E-state index contributed by atoms with van der Waals surface area (Å²) in [6, 6.07) is 8.93. The number of piperidine rings is 1. The third-order valence-electron chi connectivity index (χ3n) is 4.43. The van der Waals surface area contributed by atoms with E-state index in [0.717, 1.165) is 12.8 Å². The molecular weight excluding hydrogens is 290 g/mol. The molecule has 2 atom stereocenters. The minimum absolute atomic E-state index is 0.00467. The molecule has 0 bridgehead atoms. The highest BCUT2D eigenvalue weighted by Crippen LogP contribution is 2.19. The van der Waals surface area contributed by atoms with Gasteiger partial charge in [0, 0.05) is 47.7 Å². The van der Waals surface area contributed by atoms with Gasteiger partial charge in [-0.3, -0.25) is 9.59 Å². The summed E-state index contributed by atoms with van der Waals surface area (Å²) in [6.45, 7) is 2.71. The number of hydrogen-bond acceptors (Lipinski definition) is 3. The van der Waals surface area contributed by atoms with Crippen LogP contribution in [0.3, 0.4) is 0 Å². The minimum Gasteiger partial charge on any atom is -0.367 e. The predicted octanol–water partition coefficient (Wildman–Crippen LogP) is 2.20. The number of benzene rings is 1. The smallest absolute Gasteiger partial charge is 0.254 e. The van der Waals surface area contributed by atoms with Crippen LogP contribution >= 0.6 is 0 Å². The Morgan fingerprint density at radius 2 is 1.83 bits per heavy atom. The zero-order valence-corrected chi connectivity index (χ0v) is 13.2. The van der Waals surface area contributed by atoms with Crippen molar-refractivity contribution >= 4 is 11.7 Å². The molecule has 1 saturated heterocycles. The Morgan fingerprint density at radius 1 is 1.13 bits per heavy atom. The van der Waals surface area contributed by atoms with Crippen molar-refractivity contribution in [3.05, 3.63) is 59.4 Å². The molecule has 23 heavy (non-hydrogen) atoms. The van der Waals surface area contributed by atoms with Crippen LogP contribution in [-0.2, 0) is 0 Å². The molecular formula is C18H21N3O2. The zero-order valence-electron chi connectivity index (χ0n) is 13.2. The standard InChI is InChI=1S/C18H21N3O2/c1-12-10-16(19)7-9-21(12)18(23)14-4-2-13(3-5-14)17(22)15-6-8-20-11-15/h2-6,8,11-12,16,20H,7,9-10,19H2,1H3/t12-,16+/m1/s1. The number of amides is 1. The van der Waals surface area contributed by atoms with Crippen molar-refractivity contribution in [3.8, 4) is 0 Å². The highest BCUT2D eigenvalue weighted by Gasteiger charge is 2.27. The molecule has 1 aromatic heterocycles. The van der Waals surface area contributed by atoms with E-state index in [1.807, 2.05) is 11.8 Å². The Balaban J connectivity index is 1.74. The summed E-state index contributed by atoms with van der Waals surface area (Å²) >= 11 is 0. The Morgan fingerprint density at radius 3 is 2.43 bits per heavy atom. The number of rotatable bonds is 3. The Kier molecular flexibility index (Phi) is 4.30. The van der Waals surface area contributed by atoms with Gasteiger partial charge in [-0.2, -0.15) is 0 Å². The molecule has 1 aromatic carbocycles. The molecule has 3 N–H and O–H groups in total. The van der Waals surface area contributed by atoms with Gasteiger partial charge in [0.25, 0.3) is 5.91 Å². The van der Waals surface area contributed by atoms with Gasteiger partial charge in [-0.1, -0.05) is 12.1 Å². The maximum Gasteiger partial charge on any atom is 0.254 e. The summed E-state index contributed by atoms with van der Waals surface area (Å²) in [4.78, 5) is 29.6. The van der Waals surface area contributed by atoms with Crippen LogP contribution in [0.15, 0.2) is 42.7 Å². The average molecular weight is 311 g/mol. The lowest BCUT2D eigenvalue weighted by molar-refractivity contribution is 0.0618. The summed E-state index contributed by atoms with van der Waals surface area (Å²) in [5.41, 5.74) is 7.75. The van der Waals surface area contributed by atoms with Crippen LogP contribution in [0.2, 0.25) is 0 Å². The predicted molar refractivity (Wildman–Crippen MR) is 88.4 cm³/mol. The lowest BCUT2D eigenvalue weighted by Crippen LogP contribution is -2.48. The fourth-order valence-electron chi connectivity index (χ4n) is 3.07. The van der Waals surface area contributed by atoms with Crippen molar-refractivity contribution in [2.75, 3.05) is 6.54 Å². The number of nitrogens with zero attached hydrogens (tertiary/aromatic N) is 1. The first kappa shape index (κ1) is 15.5. The highest BCUT2D eigenvalue weighted by molar-refractivity contribution is 6.09. The molecule has 5 nitrogen and oxygen atoms in total. The lowest BCUT2D eigenvalue weighted by Gasteiger charge is -2.36. The number of ketones is 1. The Bertz CT molecular complexity index is 692. The van der Waals surface area contributed by atoms with Gasteiger partial charge in [-0.05, 0) is 38.0 Å². The number of likely N-dealkylation sites (tertiary alicyclic amines) is 1. The first-order chi connectivity index (χ1) is 11.1. The summed E-state index contributed by atoms with van der Waals surface area (Å²) in [6.07, 6.45) is 5.05. The Hall–Kier alpha value is -2.40. The van der Waals surface area contributed by atoms with Crippen molar-refractivity contribution < 1.29 is 9.59 Å². The van der Waals surface area contributed by atoms with Gasteiger partial charge < -0.3 is 15.6 Å². The number of nitrogens with one attached hydrogen (secondary N) is 1. The molecule has 1 aliphatic rings. The molecule has 5 heteroatoms. The van der Waals surface area contributed by atoms with Crippen LogP contribution in [0.1, 0.15) is 46.0 Å². The molecule has 0 aliphatic carbocycles. The van der Waals surface area contributed by atoms with E-state index in [1.54, 1.807) is 42.7 Å². The van der Waals surface area contributed by atoms with Gasteiger partial charge in [-0.15, -0.1) is 0 Å². The van der Waals surface area contributed by atoms with Gasteiger partial charge in [0.05, 0.1) is 0 Å². The molecule has 3 rings (SSSR count). The molecule has 0 unspecified atom stereocenters. The van der Waals surface area contributed by atoms with Crippen LogP contribution in [0.4, 0.5) is 0 Å². The molecule has 120 valence electrons. The largest absolute Gasteiger partial charge is 0.367 e. The summed E-state index contributed by atoms with van der Waals surface area (Å²) < 4.78 is 0. The van der Waals surface area contributed by atoms with Crippen LogP contribution in [-0.4, -0.2) is 40.2 Å². The molecule has 1 amide bonds. The van der Waals surface area contributed by atoms with Crippen molar-refractivity contribution in [2.45, 2.75) is 31.8 Å². The SMILES string of the molecule is C[C@@H]1C[C@@H](N)CCN1C(=O)c1ccc(C(=O)c2cc[nH]c2)cc1. The van der Waals surface area contributed by atoms with Gasteiger partial charge >= 0.3 is 0 Å². The summed E-state index contributed by atoms with van der Waals surface area (Å²) in [7, 11) is 0. The zero-order chi connectivity index (χ0) is 16.4. The molecule has 0 spiro atoms. The molecule has 1 aliphatic heterocycles. The fraction of sp³-hybridized carbons (Fsp3) is 0.333. The van der Waals surface area contributed by atoms with E-state index >= 15 is 0 Å². The van der Waals surface area contributed by atoms with Gasteiger partial charge in [0.15, 0.2) is 5.78 Å². The molecule has 1 fully saturated rings. The topological polar surface area (TPSA) is 79.2 Å². The van der Waals surface area contributed by atoms with E-state index in [9.17, 15) is 9.59 Å². The number of H-pyrrole nitrogens is 1. The number of nitrogens with two attached hydrogens (primary N) is 1. The fourth-order valence-corrected chi connectivity index (χ4v) is 3.07. The van der Waals surface area contributed by atoms with Crippen LogP contribution in [0.5, 0.6) is 0 Å². The third-order valence-corrected chi connectivity index (χ3v) is 4.43. The second-order valence-corrected chi connectivity index (χ2v) is 6.14. The monoisotopic (exact) mass is 311 g/mol. The normalized spacial score (nSPS) is 21.2. The summed E-state index contributed by atoms with van der Waals surface area (Å²) in [5.74, 6) is -0.0485. The first-order valence-corrected chi connectivity index (χ1v) is 7.90. The van der Waals surface area contributed by atoms with E-state index in [-0.39, 0.29) is 23.8 Å².